The van der Waals surface area contributed by atoms with Crippen molar-refractivity contribution in [3.8, 4) is 56.2 Å². The second kappa shape index (κ2) is 10.7. The van der Waals surface area contributed by atoms with E-state index in [2.05, 4.69) is 170 Å². The van der Waals surface area contributed by atoms with Gasteiger partial charge in [-0.25, -0.2) is 9.97 Å². The van der Waals surface area contributed by atoms with E-state index in [9.17, 15) is 0 Å². The van der Waals surface area contributed by atoms with Crippen molar-refractivity contribution < 1.29 is 0 Å². The Balaban J connectivity index is 1.19. The van der Waals surface area contributed by atoms with E-state index in [1.165, 1.54) is 66.1 Å². The van der Waals surface area contributed by atoms with E-state index in [4.69, 9.17) is 9.97 Å². The maximum absolute atomic E-state index is 5.16. The zero-order valence-corrected chi connectivity index (χ0v) is 27.7. The van der Waals surface area contributed by atoms with Crippen molar-refractivity contribution in [2.75, 3.05) is 0 Å². The second-order valence-electron chi connectivity index (χ2n) is 13.7. The first-order chi connectivity index (χ1) is 25.3. The van der Waals surface area contributed by atoms with Gasteiger partial charge in [0, 0.05) is 16.7 Å². The zero-order chi connectivity index (χ0) is 33.5. The van der Waals surface area contributed by atoms with Gasteiger partial charge < -0.3 is 0 Å². The maximum Gasteiger partial charge on any atom is 0.160 e. The first kappa shape index (κ1) is 28.2. The van der Waals surface area contributed by atoms with Gasteiger partial charge in [-0.15, -0.1) is 0 Å². The first-order valence-corrected chi connectivity index (χ1v) is 17.6. The van der Waals surface area contributed by atoms with Gasteiger partial charge in [0.15, 0.2) is 5.82 Å². The number of rotatable bonds is 3. The molecule has 2 heteroatoms. The minimum Gasteiger partial charge on any atom is -0.228 e. The van der Waals surface area contributed by atoms with E-state index in [-0.39, 0.29) is 0 Å². The molecule has 1 heterocycles. The highest BCUT2D eigenvalue weighted by atomic mass is 14.9. The Hall–Kier alpha value is -6.64. The number of hydrogen-bond acceptors (Lipinski definition) is 2. The molecule has 236 valence electrons. The molecule has 0 amide bonds. The van der Waals surface area contributed by atoms with Crippen molar-refractivity contribution in [1.29, 1.82) is 0 Å². The molecule has 1 spiro atoms. The highest BCUT2D eigenvalue weighted by Crippen LogP contribution is 2.65. The molecule has 2 nitrogen and oxygen atoms in total. The lowest BCUT2D eigenvalue weighted by atomic mass is 9.68. The average Bonchev–Trinajstić information content (AvgIpc) is 3.69. The topological polar surface area (TPSA) is 25.8 Å². The van der Waals surface area contributed by atoms with Crippen LogP contribution >= 0.6 is 0 Å². The Morgan fingerprint density at radius 3 is 1.47 bits per heavy atom. The van der Waals surface area contributed by atoms with Crippen LogP contribution in [0, 0.1) is 0 Å². The van der Waals surface area contributed by atoms with Gasteiger partial charge in [0.1, 0.15) is 0 Å². The number of hydrogen-bond donors (Lipinski definition) is 0. The Bertz CT molecular complexity index is 2750. The van der Waals surface area contributed by atoms with Crippen LogP contribution in [0.1, 0.15) is 22.3 Å². The molecular weight excluding hydrogens is 617 g/mol. The fourth-order valence-electron chi connectivity index (χ4n) is 8.99. The van der Waals surface area contributed by atoms with E-state index >= 15 is 0 Å². The molecule has 0 radical (unpaired) electrons. The van der Waals surface area contributed by atoms with Gasteiger partial charge in [-0.1, -0.05) is 170 Å². The third kappa shape index (κ3) is 3.93. The predicted molar refractivity (Wildman–Crippen MR) is 210 cm³/mol. The molecule has 0 atom stereocenters. The summed E-state index contributed by atoms with van der Waals surface area (Å²) in [7, 11) is 0. The van der Waals surface area contributed by atoms with E-state index in [1.807, 2.05) is 12.1 Å². The van der Waals surface area contributed by atoms with Crippen LogP contribution in [-0.4, -0.2) is 9.97 Å². The Morgan fingerprint density at radius 1 is 0.333 bits per heavy atom. The van der Waals surface area contributed by atoms with Crippen LogP contribution in [0.3, 0.4) is 0 Å². The number of aromatic nitrogens is 2. The Labute approximate surface area is 296 Å². The summed E-state index contributed by atoms with van der Waals surface area (Å²) in [4.78, 5) is 10.3. The molecule has 2 aliphatic rings. The number of benzene rings is 8. The molecule has 51 heavy (non-hydrogen) atoms. The molecule has 0 fully saturated rings. The molecule has 0 saturated carbocycles. The third-order valence-electron chi connectivity index (χ3n) is 11.1. The lowest BCUT2D eigenvalue weighted by Gasteiger charge is -2.32. The van der Waals surface area contributed by atoms with Gasteiger partial charge >= 0.3 is 0 Å². The average molecular weight is 647 g/mol. The van der Waals surface area contributed by atoms with Crippen LogP contribution < -0.4 is 0 Å². The van der Waals surface area contributed by atoms with Crippen LogP contribution in [-0.2, 0) is 5.41 Å². The van der Waals surface area contributed by atoms with Crippen LogP contribution in [0.5, 0.6) is 0 Å². The quantitative estimate of drug-likeness (QED) is 0.191. The lowest BCUT2D eigenvalue weighted by molar-refractivity contribution is 0.809. The highest BCUT2D eigenvalue weighted by Gasteiger charge is 2.53. The molecule has 0 unspecified atom stereocenters. The van der Waals surface area contributed by atoms with Crippen LogP contribution in [0.25, 0.3) is 77.7 Å². The third-order valence-corrected chi connectivity index (χ3v) is 11.1. The molecule has 0 aliphatic heterocycles. The molecule has 9 aromatic rings. The first-order valence-electron chi connectivity index (χ1n) is 17.6. The standard InChI is InChI=1S/C49H30N2/c1-3-14-32(15-4-1)44-30-45(33-16-5-2-6-17-33)51-48(50-44)35-25-26-37-34(29-35)24-28-41-40-27-23-31-13-7-8-18-36(31)46(40)49(47(37)41)42-21-11-9-19-38(42)39-20-10-12-22-43(39)49/h1-30H. The van der Waals surface area contributed by atoms with Gasteiger partial charge in [-0.3, -0.25) is 0 Å². The van der Waals surface area contributed by atoms with Crippen LogP contribution in [0.4, 0.5) is 0 Å². The minimum atomic E-state index is -0.454. The molecular formula is C49H30N2. The monoisotopic (exact) mass is 646 g/mol. The Morgan fingerprint density at radius 2 is 0.843 bits per heavy atom. The van der Waals surface area contributed by atoms with Crippen molar-refractivity contribution in [2.24, 2.45) is 0 Å². The Kier molecular flexibility index (Phi) is 5.91. The van der Waals surface area contributed by atoms with Gasteiger partial charge in [-0.05, 0) is 78.2 Å². The molecule has 0 bridgehead atoms. The molecule has 1 aromatic heterocycles. The van der Waals surface area contributed by atoms with Crippen molar-refractivity contribution in [3.63, 3.8) is 0 Å². The molecule has 8 aromatic carbocycles. The maximum atomic E-state index is 5.16. The van der Waals surface area contributed by atoms with Crippen molar-refractivity contribution >= 4 is 21.5 Å². The fraction of sp³-hybridized carbons (Fsp3) is 0.0204. The summed E-state index contributed by atoms with van der Waals surface area (Å²) in [5.74, 6) is 0.721. The fourth-order valence-corrected chi connectivity index (χ4v) is 8.99. The van der Waals surface area contributed by atoms with E-state index in [0.717, 1.165) is 33.9 Å². The molecule has 2 aliphatic carbocycles. The van der Waals surface area contributed by atoms with E-state index in [1.54, 1.807) is 0 Å². The summed E-state index contributed by atoms with van der Waals surface area (Å²) in [6, 6.07) is 66.0. The van der Waals surface area contributed by atoms with Gasteiger partial charge in [0.25, 0.3) is 0 Å². The highest BCUT2D eigenvalue weighted by molar-refractivity contribution is 6.09. The smallest absolute Gasteiger partial charge is 0.160 e. The molecule has 11 rings (SSSR count). The predicted octanol–water partition coefficient (Wildman–Crippen LogP) is 12.1. The van der Waals surface area contributed by atoms with Crippen LogP contribution in [0.2, 0.25) is 0 Å². The largest absolute Gasteiger partial charge is 0.228 e. The summed E-state index contributed by atoms with van der Waals surface area (Å²) in [6.07, 6.45) is 0. The SMILES string of the molecule is c1ccc(-c2cc(-c3ccccc3)nc(-c3ccc4c5c(ccc4c3)-c3ccc4ccccc4c3C53c4ccccc4-c4ccccc43)n2)cc1. The van der Waals surface area contributed by atoms with Gasteiger partial charge in [0.05, 0.1) is 16.8 Å². The summed E-state index contributed by atoms with van der Waals surface area (Å²) < 4.78 is 0. The molecule has 0 saturated heterocycles. The normalized spacial score (nSPS) is 13.3. The van der Waals surface area contributed by atoms with Crippen molar-refractivity contribution in [2.45, 2.75) is 5.41 Å². The summed E-state index contributed by atoms with van der Waals surface area (Å²) in [5, 5.41) is 5.01. The van der Waals surface area contributed by atoms with Crippen LogP contribution in [0.15, 0.2) is 182 Å². The van der Waals surface area contributed by atoms with E-state index < -0.39 is 5.41 Å². The van der Waals surface area contributed by atoms with Crippen molar-refractivity contribution in [3.05, 3.63) is 204 Å². The second-order valence-corrected chi connectivity index (χ2v) is 13.7. The van der Waals surface area contributed by atoms with Gasteiger partial charge in [0.2, 0.25) is 0 Å². The number of nitrogens with zero attached hydrogens (tertiary/aromatic N) is 2. The van der Waals surface area contributed by atoms with Gasteiger partial charge in [-0.2, -0.15) is 0 Å². The molecule has 0 N–H and O–H groups in total. The lowest BCUT2D eigenvalue weighted by Crippen LogP contribution is -2.26. The summed E-state index contributed by atoms with van der Waals surface area (Å²) in [5.41, 5.74) is 15.2. The van der Waals surface area contributed by atoms with Crippen molar-refractivity contribution in [1.82, 2.24) is 9.97 Å². The summed E-state index contributed by atoms with van der Waals surface area (Å²) in [6.45, 7) is 0. The number of fused-ring (bicyclic) bond motifs is 14. The minimum absolute atomic E-state index is 0.454. The zero-order valence-electron chi connectivity index (χ0n) is 27.7. The summed E-state index contributed by atoms with van der Waals surface area (Å²) >= 11 is 0. The van der Waals surface area contributed by atoms with E-state index in [0.29, 0.717) is 0 Å².